The van der Waals surface area contributed by atoms with Gasteiger partial charge in [0, 0.05) is 81.3 Å². The third-order valence-electron chi connectivity index (χ3n) is 15.1. The fourth-order valence-electron chi connectivity index (χ4n) is 11.6. The molecular formula is C72H60N6. The lowest BCUT2D eigenvalue weighted by molar-refractivity contribution is 0.767. The van der Waals surface area contributed by atoms with E-state index in [-0.39, 0.29) is 0 Å². The van der Waals surface area contributed by atoms with Crippen LogP contribution in [0.15, 0.2) is 291 Å². The van der Waals surface area contributed by atoms with Crippen molar-refractivity contribution in [2.45, 2.75) is 25.7 Å². The molecule has 0 aromatic heterocycles. The monoisotopic (exact) mass is 1010 g/mol. The normalized spacial score (nSPS) is 12.8. The molecule has 6 nitrogen and oxygen atoms in total. The number of anilines is 16. The van der Waals surface area contributed by atoms with E-state index in [9.17, 15) is 0 Å². The third kappa shape index (κ3) is 9.72. The Kier molecular flexibility index (Phi) is 13.4. The summed E-state index contributed by atoms with van der Waals surface area (Å²) in [5.41, 5.74) is 20.3. The van der Waals surface area contributed by atoms with E-state index in [4.69, 9.17) is 0 Å². The van der Waals surface area contributed by atoms with E-state index in [0.29, 0.717) is 0 Å². The Balaban J connectivity index is 1.02. The van der Waals surface area contributed by atoms with Gasteiger partial charge in [0.1, 0.15) is 0 Å². The quantitative estimate of drug-likeness (QED) is 0.107. The standard InChI is InChI=1S/C72H60N6/c1-7-30-57(31-8-1)75(58-32-9-2-10-33-58)67-49-65(73-46-24-28-55-26-19-21-44-71(55)73)51-69(53-67)77(61-38-15-5-16-39-61)63-42-23-43-64(48-63)78(62-40-17-6-18-41-62)70-52-66(74-47-25-29-56-27-20-22-45-72(56)74)50-68(54-70)76(59-34-11-3-12-35-59)60-36-13-4-14-37-60/h1-23,26-27,30-45,48-54H,24-25,28-29,46-47H2. The van der Waals surface area contributed by atoms with E-state index in [2.05, 4.69) is 321 Å². The van der Waals surface area contributed by atoms with Crippen molar-refractivity contribution in [1.82, 2.24) is 0 Å². The predicted molar refractivity (Wildman–Crippen MR) is 329 cm³/mol. The Morgan fingerprint density at radius 2 is 0.462 bits per heavy atom. The summed E-state index contributed by atoms with van der Waals surface area (Å²) in [6, 6.07) is 106. The first-order valence-electron chi connectivity index (χ1n) is 27.3. The van der Waals surface area contributed by atoms with E-state index in [1.807, 2.05) is 0 Å². The summed E-state index contributed by atoms with van der Waals surface area (Å²) in [6.07, 6.45) is 4.26. The molecule has 0 fully saturated rings. The zero-order chi connectivity index (χ0) is 52.0. The number of para-hydroxylation sites is 8. The third-order valence-corrected chi connectivity index (χ3v) is 15.1. The smallest absolute Gasteiger partial charge is 0.0503 e. The van der Waals surface area contributed by atoms with Crippen LogP contribution in [0.3, 0.4) is 0 Å². The molecule has 6 heteroatoms. The highest BCUT2D eigenvalue weighted by Gasteiger charge is 2.27. The van der Waals surface area contributed by atoms with Crippen molar-refractivity contribution in [3.8, 4) is 0 Å². The number of hydrogen-bond donors (Lipinski definition) is 0. The van der Waals surface area contributed by atoms with Gasteiger partial charge >= 0.3 is 0 Å². The van der Waals surface area contributed by atoms with E-state index in [1.54, 1.807) is 0 Å². The summed E-state index contributed by atoms with van der Waals surface area (Å²) in [5, 5.41) is 0. The van der Waals surface area contributed by atoms with Gasteiger partial charge in [-0.3, -0.25) is 0 Å². The summed E-state index contributed by atoms with van der Waals surface area (Å²) >= 11 is 0. The highest BCUT2D eigenvalue weighted by atomic mass is 15.2. The summed E-state index contributed by atoms with van der Waals surface area (Å²) in [6.45, 7) is 1.83. The lowest BCUT2D eigenvalue weighted by Crippen LogP contribution is -2.25. The van der Waals surface area contributed by atoms with Crippen molar-refractivity contribution in [1.29, 1.82) is 0 Å². The second-order valence-corrected chi connectivity index (χ2v) is 20.1. The number of nitrogens with zero attached hydrogens (tertiary/aromatic N) is 6. The van der Waals surface area contributed by atoms with E-state index < -0.39 is 0 Å². The lowest BCUT2D eigenvalue weighted by atomic mass is 10.0. The van der Waals surface area contributed by atoms with Gasteiger partial charge in [-0.15, -0.1) is 0 Å². The molecule has 0 spiro atoms. The van der Waals surface area contributed by atoms with Crippen LogP contribution in [0.2, 0.25) is 0 Å². The zero-order valence-corrected chi connectivity index (χ0v) is 43.6. The van der Waals surface area contributed by atoms with Gasteiger partial charge in [0.2, 0.25) is 0 Å². The molecule has 0 unspecified atom stereocenters. The molecule has 2 aliphatic rings. The van der Waals surface area contributed by atoms with Gasteiger partial charge in [-0.25, -0.2) is 0 Å². The molecule has 0 atom stereocenters. The van der Waals surface area contributed by atoms with Crippen LogP contribution >= 0.6 is 0 Å². The first-order valence-corrected chi connectivity index (χ1v) is 27.3. The minimum absolute atomic E-state index is 0.916. The van der Waals surface area contributed by atoms with Crippen LogP contribution in [0.1, 0.15) is 24.0 Å². The molecule has 0 amide bonds. The Labute approximate surface area is 459 Å². The fraction of sp³-hybridized carbons (Fsp3) is 0.0833. The molecule has 11 aromatic carbocycles. The SMILES string of the molecule is c1ccc(N(c2ccccc2)c2cc(N3CCCc4ccccc43)cc(N(c3ccccc3)c3cccc(N(c4ccccc4)c4cc(N5CCCc6ccccc65)cc(N(c5ccccc5)c5ccccc5)c4)c3)c2)cc1. The Morgan fingerprint density at radius 1 is 0.218 bits per heavy atom. The van der Waals surface area contributed by atoms with Crippen LogP contribution in [-0.2, 0) is 12.8 Å². The average Bonchev–Trinajstić information content (AvgIpc) is 3.57. The minimum Gasteiger partial charge on any atom is -0.341 e. The van der Waals surface area contributed by atoms with Crippen molar-refractivity contribution >= 4 is 91.0 Å². The molecule has 11 aromatic rings. The van der Waals surface area contributed by atoms with E-state index in [0.717, 1.165) is 118 Å². The molecule has 0 N–H and O–H groups in total. The highest BCUT2D eigenvalue weighted by molar-refractivity contribution is 5.91. The molecule has 0 radical (unpaired) electrons. The van der Waals surface area contributed by atoms with Crippen molar-refractivity contribution in [3.63, 3.8) is 0 Å². The van der Waals surface area contributed by atoms with Crippen LogP contribution in [0, 0.1) is 0 Å². The molecule has 0 bridgehead atoms. The van der Waals surface area contributed by atoms with Crippen molar-refractivity contribution in [2.75, 3.05) is 42.5 Å². The summed E-state index contributed by atoms with van der Waals surface area (Å²) in [4.78, 5) is 14.7. The molecular weight excluding hydrogens is 949 g/mol. The van der Waals surface area contributed by atoms with Gasteiger partial charge in [-0.05, 0) is 176 Å². The highest BCUT2D eigenvalue weighted by Crippen LogP contribution is 2.49. The maximum atomic E-state index is 2.52. The second-order valence-electron chi connectivity index (χ2n) is 20.1. The second kappa shape index (κ2) is 21.8. The van der Waals surface area contributed by atoms with Crippen molar-refractivity contribution < 1.29 is 0 Å². The van der Waals surface area contributed by atoms with E-state index in [1.165, 1.54) is 22.5 Å². The van der Waals surface area contributed by atoms with Crippen LogP contribution in [-0.4, -0.2) is 13.1 Å². The molecule has 378 valence electrons. The van der Waals surface area contributed by atoms with E-state index >= 15 is 0 Å². The van der Waals surface area contributed by atoms with Crippen molar-refractivity contribution in [2.24, 2.45) is 0 Å². The molecule has 78 heavy (non-hydrogen) atoms. The van der Waals surface area contributed by atoms with Gasteiger partial charge in [0.25, 0.3) is 0 Å². The van der Waals surface area contributed by atoms with Crippen LogP contribution in [0.4, 0.5) is 91.0 Å². The lowest BCUT2D eigenvalue weighted by Gasteiger charge is -2.36. The first kappa shape index (κ1) is 47.9. The molecule has 2 heterocycles. The fourth-order valence-corrected chi connectivity index (χ4v) is 11.6. The average molecular weight is 1010 g/mol. The maximum absolute atomic E-state index is 2.52. The Morgan fingerprint density at radius 3 is 0.769 bits per heavy atom. The number of rotatable bonds is 14. The van der Waals surface area contributed by atoms with Gasteiger partial charge in [0.15, 0.2) is 0 Å². The van der Waals surface area contributed by atoms with Crippen molar-refractivity contribution in [3.05, 3.63) is 302 Å². The minimum atomic E-state index is 0.916. The number of fused-ring (bicyclic) bond motifs is 2. The van der Waals surface area contributed by atoms with Gasteiger partial charge in [0.05, 0.1) is 22.7 Å². The largest absolute Gasteiger partial charge is 0.341 e. The topological polar surface area (TPSA) is 19.4 Å². The van der Waals surface area contributed by atoms with Crippen LogP contribution in [0.25, 0.3) is 0 Å². The Hall–Kier alpha value is -9.78. The first-order chi connectivity index (χ1) is 38.7. The molecule has 0 aliphatic carbocycles. The van der Waals surface area contributed by atoms with Gasteiger partial charge < -0.3 is 29.4 Å². The number of hydrogen-bond acceptors (Lipinski definition) is 6. The zero-order valence-electron chi connectivity index (χ0n) is 43.6. The van der Waals surface area contributed by atoms with Crippen LogP contribution in [0.5, 0.6) is 0 Å². The summed E-state index contributed by atoms with van der Waals surface area (Å²) in [7, 11) is 0. The van der Waals surface area contributed by atoms with Crippen LogP contribution < -0.4 is 29.4 Å². The van der Waals surface area contributed by atoms with Gasteiger partial charge in [-0.2, -0.15) is 0 Å². The summed E-state index contributed by atoms with van der Waals surface area (Å²) in [5.74, 6) is 0. The molecule has 0 saturated carbocycles. The predicted octanol–water partition coefficient (Wildman–Crippen LogP) is 19.7. The number of benzene rings is 11. The van der Waals surface area contributed by atoms with Gasteiger partial charge in [-0.1, -0.05) is 152 Å². The maximum Gasteiger partial charge on any atom is 0.0503 e. The number of aryl methyl sites for hydroxylation is 2. The molecule has 0 saturated heterocycles. The Bertz CT molecular complexity index is 3460. The summed E-state index contributed by atoms with van der Waals surface area (Å²) < 4.78 is 0. The molecule has 13 rings (SSSR count). The molecule has 2 aliphatic heterocycles.